The first kappa shape index (κ1) is 18.9. The zero-order valence-electron chi connectivity index (χ0n) is 16.8. The van der Waals surface area contributed by atoms with Crippen molar-refractivity contribution >= 4 is 11.7 Å². The number of aromatic nitrogens is 4. The molecule has 3 atom stereocenters. The Labute approximate surface area is 165 Å². The first-order chi connectivity index (χ1) is 13.5. The number of aryl methyl sites for hydroxylation is 3. The van der Waals surface area contributed by atoms with E-state index in [9.17, 15) is 4.79 Å². The highest BCUT2D eigenvalue weighted by Crippen LogP contribution is 2.30. The van der Waals surface area contributed by atoms with E-state index in [1.54, 1.807) is 0 Å². The fourth-order valence-electron chi connectivity index (χ4n) is 4.08. The number of carbonyl (C=O) groups excluding carboxylic acids is 1. The van der Waals surface area contributed by atoms with Crippen molar-refractivity contribution in [2.75, 3.05) is 31.6 Å². The molecule has 8 nitrogen and oxygen atoms in total. The van der Waals surface area contributed by atoms with Gasteiger partial charge in [-0.3, -0.25) is 9.48 Å². The van der Waals surface area contributed by atoms with Gasteiger partial charge in [0.05, 0.1) is 24.8 Å². The van der Waals surface area contributed by atoms with Crippen LogP contribution in [-0.2, 0) is 16.6 Å². The van der Waals surface area contributed by atoms with Gasteiger partial charge in [0.1, 0.15) is 11.6 Å². The Morgan fingerprint density at radius 2 is 2.21 bits per heavy atom. The van der Waals surface area contributed by atoms with Gasteiger partial charge in [0.2, 0.25) is 5.91 Å². The molecule has 0 aromatic carbocycles. The average Bonchev–Trinajstić information content (AvgIpc) is 3.42. The van der Waals surface area contributed by atoms with Gasteiger partial charge in [-0.1, -0.05) is 0 Å². The van der Waals surface area contributed by atoms with Crippen molar-refractivity contribution in [3.63, 3.8) is 0 Å². The maximum atomic E-state index is 12.9. The summed E-state index contributed by atoms with van der Waals surface area (Å²) in [5.41, 5.74) is 2.23. The normalized spacial score (nSPS) is 24.7. The standard InChI is InChI=1S/C20H28N6O2/c1-13-7-21-14(2)24-19(13)22-9-18-6-16(12-28-18)20(27)26-5-4-15(11-26)17-8-23-25(3)10-17/h7-8,10,15-16,18H,4-6,9,11-12H2,1-3H3,(H,21,22,24)/t15?,16-,18-/m0/s1. The van der Waals surface area contributed by atoms with Crippen molar-refractivity contribution in [2.45, 2.75) is 38.7 Å². The van der Waals surface area contributed by atoms with Crippen molar-refractivity contribution < 1.29 is 9.53 Å². The van der Waals surface area contributed by atoms with E-state index in [2.05, 4.69) is 26.6 Å². The van der Waals surface area contributed by atoms with Crippen LogP contribution in [-0.4, -0.2) is 62.9 Å². The molecule has 0 aliphatic carbocycles. The Balaban J connectivity index is 1.28. The van der Waals surface area contributed by atoms with Crippen LogP contribution in [0.2, 0.25) is 0 Å². The molecule has 4 heterocycles. The maximum absolute atomic E-state index is 12.9. The Bertz CT molecular complexity index is 851. The largest absolute Gasteiger partial charge is 0.376 e. The molecule has 0 saturated carbocycles. The van der Waals surface area contributed by atoms with Gasteiger partial charge in [-0.2, -0.15) is 5.10 Å². The molecule has 0 bridgehead atoms. The summed E-state index contributed by atoms with van der Waals surface area (Å²) in [6.07, 6.45) is 7.57. The lowest BCUT2D eigenvalue weighted by Gasteiger charge is -2.20. The molecule has 150 valence electrons. The predicted octanol–water partition coefficient (Wildman–Crippen LogP) is 1.66. The average molecular weight is 384 g/mol. The van der Waals surface area contributed by atoms with E-state index in [0.29, 0.717) is 19.1 Å². The molecule has 2 aliphatic rings. The minimum Gasteiger partial charge on any atom is -0.376 e. The third-order valence-electron chi connectivity index (χ3n) is 5.72. The molecule has 1 N–H and O–H groups in total. The summed E-state index contributed by atoms with van der Waals surface area (Å²) in [5, 5.41) is 7.60. The number of ether oxygens (including phenoxy) is 1. The molecular formula is C20H28N6O2. The van der Waals surface area contributed by atoms with Gasteiger partial charge in [-0.15, -0.1) is 0 Å². The topological polar surface area (TPSA) is 85.2 Å². The second-order valence-corrected chi connectivity index (χ2v) is 7.93. The summed E-state index contributed by atoms with van der Waals surface area (Å²) in [5.74, 6) is 2.15. The van der Waals surface area contributed by atoms with Crippen molar-refractivity contribution in [3.8, 4) is 0 Å². The van der Waals surface area contributed by atoms with Gasteiger partial charge in [0.15, 0.2) is 0 Å². The fourth-order valence-corrected chi connectivity index (χ4v) is 4.08. The van der Waals surface area contributed by atoms with Crippen LogP contribution in [0.3, 0.4) is 0 Å². The summed E-state index contributed by atoms with van der Waals surface area (Å²) in [6, 6.07) is 0. The number of hydrogen-bond acceptors (Lipinski definition) is 6. The van der Waals surface area contributed by atoms with Crippen LogP contribution in [0.15, 0.2) is 18.6 Å². The first-order valence-electron chi connectivity index (χ1n) is 9.92. The Hall–Kier alpha value is -2.48. The lowest BCUT2D eigenvalue weighted by Crippen LogP contribution is -2.34. The third-order valence-corrected chi connectivity index (χ3v) is 5.72. The van der Waals surface area contributed by atoms with Crippen molar-refractivity contribution in [3.05, 3.63) is 35.5 Å². The summed E-state index contributed by atoms with van der Waals surface area (Å²) >= 11 is 0. The molecule has 2 fully saturated rings. The molecule has 4 rings (SSSR count). The van der Waals surface area contributed by atoms with E-state index in [1.807, 2.05) is 42.9 Å². The highest BCUT2D eigenvalue weighted by Gasteiger charge is 2.36. The quantitative estimate of drug-likeness (QED) is 0.844. The Morgan fingerprint density at radius 1 is 1.36 bits per heavy atom. The molecule has 2 saturated heterocycles. The summed E-state index contributed by atoms with van der Waals surface area (Å²) < 4.78 is 7.71. The van der Waals surface area contributed by atoms with Crippen LogP contribution in [0.4, 0.5) is 5.82 Å². The minimum atomic E-state index is -0.0484. The molecule has 1 unspecified atom stereocenters. The van der Waals surface area contributed by atoms with E-state index in [-0.39, 0.29) is 17.9 Å². The van der Waals surface area contributed by atoms with Gasteiger partial charge in [-0.05, 0) is 32.3 Å². The van der Waals surface area contributed by atoms with E-state index in [0.717, 1.165) is 43.1 Å². The number of nitrogens with zero attached hydrogens (tertiary/aromatic N) is 5. The van der Waals surface area contributed by atoms with Crippen molar-refractivity contribution in [1.29, 1.82) is 0 Å². The number of likely N-dealkylation sites (tertiary alicyclic amines) is 1. The van der Waals surface area contributed by atoms with Crippen LogP contribution < -0.4 is 5.32 Å². The summed E-state index contributed by atoms with van der Waals surface area (Å²) in [6.45, 7) is 6.61. The van der Waals surface area contributed by atoms with E-state index in [4.69, 9.17) is 4.74 Å². The third kappa shape index (κ3) is 4.01. The molecule has 8 heteroatoms. The van der Waals surface area contributed by atoms with Crippen LogP contribution in [0.25, 0.3) is 0 Å². The van der Waals surface area contributed by atoms with Crippen LogP contribution >= 0.6 is 0 Å². The summed E-state index contributed by atoms with van der Waals surface area (Å²) in [4.78, 5) is 23.6. The number of nitrogens with one attached hydrogen (secondary N) is 1. The van der Waals surface area contributed by atoms with Crippen molar-refractivity contribution in [2.24, 2.45) is 13.0 Å². The Morgan fingerprint density at radius 3 is 3.00 bits per heavy atom. The highest BCUT2D eigenvalue weighted by molar-refractivity contribution is 5.79. The smallest absolute Gasteiger partial charge is 0.228 e. The van der Waals surface area contributed by atoms with Gasteiger partial charge in [-0.25, -0.2) is 9.97 Å². The Kier molecular flexibility index (Phi) is 5.30. The molecular weight excluding hydrogens is 356 g/mol. The van der Waals surface area contributed by atoms with Crippen LogP contribution in [0.5, 0.6) is 0 Å². The van der Waals surface area contributed by atoms with Crippen LogP contribution in [0, 0.1) is 19.8 Å². The molecule has 28 heavy (non-hydrogen) atoms. The van der Waals surface area contributed by atoms with Crippen LogP contribution in [0.1, 0.15) is 35.7 Å². The zero-order chi connectivity index (χ0) is 19.7. The fraction of sp³-hybridized carbons (Fsp3) is 0.600. The SMILES string of the molecule is Cc1ncc(C)c(NC[C@@H]2C[C@H](C(=O)N3CCC(c4cnn(C)c4)C3)CO2)n1. The van der Waals surface area contributed by atoms with Gasteiger partial charge < -0.3 is 15.0 Å². The molecule has 1 amide bonds. The number of amides is 1. The van der Waals surface area contributed by atoms with Crippen molar-refractivity contribution in [1.82, 2.24) is 24.6 Å². The second kappa shape index (κ2) is 7.87. The lowest BCUT2D eigenvalue weighted by atomic mass is 10.0. The molecule has 2 aliphatic heterocycles. The molecule has 0 spiro atoms. The molecule has 2 aromatic rings. The summed E-state index contributed by atoms with van der Waals surface area (Å²) in [7, 11) is 1.93. The monoisotopic (exact) mass is 384 g/mol. The highest BCUT2D eigenvalue weighted by atomic mass is 16.5. The molecule has 2 aromatic heterocycles. The van der Waals surface area contributed by atoms with Gasteiger partial charge in [0, 0.05) is 50.6 Å². The number of rotatable bonds is 5. The first-order valence-corrected chi connectivity index (χ1v) is 9.92. The van der Waals surface area contributed by atoms with Gasteiger partial charge in [0.25, 0.3) is 0 Å². The number of anilines is 1. The van der Waals surface area contributed by atoms with Gasteiger partial charge >= 0.3 is 0 Å². The predicted molar refractivity (Wildman–Crippen MR) is 105 cm³/mol. The number of hydrogen-bond donors (Lipinski definition) is 1. The lowest BCUT2D eigenvalue weighted by molar-refractivity contribution is -0.134. The number of carbonyl (C=O) groups is 1. The van der Waals surface area contributed by atoms with E-state index in [1.165, 1.54) is 5.56 Å². The maximum Gasteiger partial charge on any atom is 0.228 e. The minimum absolute atomic E-state index is 0.0281. The molecule has 0 radical (unpaired) electrons. The van der Waals surface area contributed by atoms with E-state index >= 15 is 0 Å². The zero-order valence-corrected chi connectivity index (χ0v) is 16.8. The van der Waals surface area contributed by atoms with E-state index < -0.39 is 0 Å². The second-order valence-electron chi connectivity index (χ2n) is 7.93.